The Labute approximate surface area is 98.5 Å². The molecule has 1 aromatic rings. The van der Waals surface area contributed by atoms with Crippen LogP contribution in [0.4, 0.5) is 18.9 Å². The molecular weight excluding hydrogens is 291 g/mol. The van der Waals surface area contributed by atoms with E-state index in [0.717, 1.165) is 4.47 Å². The van der Waals surface area contributed by atoms with Crippen molar-refractivity contribution in [3.63, 3.8) is 0 Å². The van der Waals surface area contributed by atoms with Crippen LogP contribution in [-0.4, -0.2) is 19.6 Å². The monoisotopic (exact) mass is 299 g/mol. The van der Waals surface area contributed by atoms with E-state index < -0.39 is 19.6 Å². The van der Waals surface area contributed by atoms with E-state index in [1.807, 2.05) is 0 Å². The minimum atomic E-state index is -4.35. The highest BCUT2D eigenvalue weighted by Gasteiger charge is 2.27. The summed E-state index contributed by atoms with van der Waals surface area (Å²) in [6.45, 7) is -1.84. The minimum absolute atomic E-state index is 0.283. The van der Waals surface area contributed by atoms with Gasteiger partial charge in [0, 0.05) is 4.47 Å². The van der Waals surface area contributed by atoms with Gasteiger partial charge in [0.15, 0.2) is 6.79 Å². The van der Waals surface area contributed by atoms with Crippen LogP contribution in [0.3, 0.4) is 0 Å². The molecule has 1 rings (SSSR count). The Hall–Kier alpha value is -0.950. The quantitative estimate of drug-likeness (QED) is 0.528. The third-order valence-corrected chi connectivity index (χ3v) is 2.03. The maximum absolute atomic E-state index is 11.7. The molecule has 0 fully saturated rings. The van der Waals surface area contributed by atoms with Crippen LogP contribution in [-0.2, 0) is 4.74 Å². The standard InChI is InChI=1S/C9H9BrF3NO2/c10-6-1-2-8(7(14)3-6)16-5-15-4-9(11,12)13/h1-3H,4-5,14H2. The third-order valence-electron chi connectivity index (χ3n) is 1.54. The number of nitrogens with two attached hydrogens (primary N) is 1. The second-order valence-corrected chi connectivity index (χ2v) is 3.82. The average Bonchev–Trinajstić information content (AvgIpc) is 2.13. The van der Waals surface area contributed by atoms with Crippen molar-refractivity contribution in [1.82, 2.24) is 0 Å². The largest absolute Gasteiger partial charge is 0.465 e. The zero-order valence-electron chi connectivity index (χ0n) is 8.05. The summed E-state index contributed by atoms with van der Waals surface area (Å²) in [5, 5.41) is 0. The Morgan fingerprint density at radius 2 is 2.00 bits per heavy atom. The lowest BCUT2D eigenvalue weighted by Crippen LogP contribution is -2.19. The molecule has 0 saturated carbocycles. The first-order valence-electron chi connectivity index (χ1n) is 4.21. The molecule has 2 N–H and O–H groups in total. The lowest BCUT2D eigenvalue weighted by atomic mass is 10.3. The first-order chi connectivity index (χ1) is 7.38. The number of alkyl halides is 3. The topological polar surface area (TPSA) is 44.5 Å². The Bertz CT molecular complexity index is 357. The fourth-order valence-corrected chi connectivity index (χ4v) is 1.29. The highest BCUT2D eigenvalue weighted by molar-refractivity contribution is 9.10. The van der Waals surface area contributed by atoms with Gasteiger partial charge in [-0.2, -0.15) is 13.2 Å². The molecule has 0 bridgehead atoms. The van der Waals surface area contributed by atoms with Crippen molar-refractivity contribution in [3.8, 4) is 5.75 Å². The summed E-state index contributed by atoms with van der Waals surface area (Å²) in [4.78, 5) is 0. The Morgan fingerprint density at radius 1 is 1.31 bits per heavy atom. The second-order valence-electron chi connectivity index (χ2n) is 2.91. The van der Waals surface area contributed by atoms with Gasteiger partial charge in [0.25, 0.3) is 0 Å². The minimum Gasteiger partial charge on any atom is -0.465 e. The van der Waals surface area contributed by atoms with Gasteiger partial charge in [0.05, 0.1) is 5.69 Å². The van der Waals surface area contributed by atoms with Gasteiger partial charge in [-0.15, -0.1) is 0 Å². The summed E-state index contributed by atoms with van der Waals surface area (Å²) in [5.41, 5.74) is 5.88. The van der Waals surface area contributed by atoms with Crippen LogP contribution in [0.15, 0.2) is 22.7 Å². The molecule has 0 saturated heterocycles. The van der Waals surface area contributed by atoms with Crippen LogP contribution >= 0.6 is 15.9 Å². The predicted molar refractivity (Wildman–Crippen MR) is 56.1 cm³/mol. The molecule has 16 heavy (non-hydrogen) atoms. The fourth-order valence-electron chi connectivity index (χ4n) is 0.913. The SMILES string of the molecule is Nc1cc(Br)ccc1OCOCC(F)(F)F. The fraction of sp³-hybridized carbons (Fsp3) is 0.333. The molecule has 0 heterocycles. The van der Waals surface area contributed by atoms with Crippen LogP contribution in [0.5, 0.6) is 5.75 Å². The number of halogens is 4. The van der Waals surface area contributed by atoms with E-state index >= 15 is 0 Å². The molecule has 90 valence electrons. The molecule has 0 aromatic heterocycles. The molecule has 0 atom stereocenters. The van der Waals surface area contributed by atoms with Crippen molar-refractivity contribution in [2.75, 3.05) is 19.1 Å². The number of hydrogen-bond acceptors (Lipinski definition) is 3. The normalized spacial score (nSPS) is 11.5. The summed E-state index contributed by atoms with van der Waals surface area (Å²) in [6.07, 6.45) is -4.35. The molecule has 0 radical (unpaired) electrons. The molecule has 3 nitrogen and oxygen atoms in total. The number of nitrogen functional groups attached to an aromatic ring is 1. The van der Waals surface area contributed by atoms with E-state index in [2.05, 4.69) is 20.7 Å². The number of ether oxygens (including phenoxy) is 2. The zero-order valence-corrected chi connectivity index (χ0v) is 9.64. The molecule has 0 amide bonds. The van der Waals surface area contributed by atoms with Gasteiger partial charge < -0.3 is 15.2 Å². The lowest BCUT2D eigenvalue weighted by Gasteiger charge is -2.10. The van der Waals surface area contributed by atoms with Crippen LogP contribution in [0.25, 0.3) is 0 Å². The summed E-state index contributed by atoms with van der Waals surface area (Å²) in [7, 11) is 0. The van der Waals surface area contributed by atoms with Crippen molar-refractivity contribution in [1.29, 1.82) is 0 Å². The number of rotatable bonds is 4. The molecule has 0 aliphatic carbocycles. The van der Waals surface area contributed by atoms with Crippen LogP contribution in [0, 0.1) is 0 Å². The smallest absolute Gasteiger partial charge is 0.411 e. The highest BCUT2D eigenvalue weighted by atomic mass is 79.9. The van der Waals surface area contributed by atoms with Crippen molar-refractivity contribution >= 4 is 21.6 Å². The second kappa shape index (κ2) is 5.40. The van der Waals surface area contributed by atoms with E-state index in [0.29, 0.717) is 5.69 Å². The van der Waals surface area contributed by atoms with Crippen LogP contribution < -0.4 is 10.5 Å². The predicted octanol–water partition coefficient (Wildman–Crippen LogP) is 2.95. The van der Waals surface area contributed by atoms with Gasteiger partial charge in [0.2, 0.25) is 0 Å². The molecule has 1 aromatic carbocycles. The van der Waals surface area contributed by atoms with E-state index in [1.54, 1.807) is 12.1 Å². The summed E-state index contributed by atoms with van der Waals surface area (Å²) < 4.78 is 45.1. The number of anilines is 1. The van der Waals surface area contributed by atoms with E-state index in [4.69, 9.17) is 10.5 Å². The molecule has 0 aliphatic heterocycles. The molecule has 0 aliphatic rings. The zero-order chi connectivity index (χ0) is 12.2. The maximum Gasteiger partial charge on any atom is 0.411 e. The van der Waals surface area contributed by atoms with Gasteiger partial charge in [-0.05, 0) is 18.2 Å². The molecular formula is C9H9BrF3NO2. The van der Waals surface area contributed by atoms with Gasteiger partial charge in [-0.3, -0.25) is 0 Å². The summed E-state index contributed by atoms with van der Waals surface area (Å²) in [6, 6.07) is 4.78. The number of hydrogen-bond donors (Lipinski definition) is 1. The van der Waals surface area contributed by atoms with Gasteiger partial charge in [0.1, 0.15) is 12.4 Å². The first kappa shape index (κ1) is 13.1. The summed E-state index contributed by atoms with van der Waals surface area (Å²) in [5.74, 6) is 0.283. The van der Waals surface area contributed by atoms with Crippen LogP contribution in [0.1, 0.15) is 0 Å². The molecule has 0 unspecified atom stereocenters. The Balaban J connectivity index is 2.38. The van der Waals surface area contributed by atoms with Crippen LogP contribution in [0.2, 0.25) is 0 Å². The van der Waals surface area contributed by atoms with E-state index in [9.17, 15) is 13.2 Å². The number of benzene rings is 1. The first-order valence-corrected chi connectivity index (χ1v) is 5.00. The van der Waals surface area contributed by atoms with Gasteiger partial charge in [-0.1, -0.05) is 15.9 Å². The Morgan fingerprint density at radius 3 is 2.56 bits per heavy atom. The maximum atomic E-state index is 11.7. The van der Waals surface area contributed by atoms with Gasteiger partial charge in [-0.25, -0.2) is 0 Å². The highest BCUT2D eigenvalue weighted by Crippen LogP contribution is 2.25. The van der Waals surface area contributed by atoms with Gasteiger partial charge >= 0.3 is 6.18 Å². The van der Waals surface area contributed by atoms with Crippen molar-refractivity contribution < 1.29 is 22.6 Å². The molecule has 0 spiro atoms. The molecule has 7 heteroatoms. The van der Waals surface area contributed by atoms with Crippen molar-refractivity contribution in [3.05, 3.63) is 22.7 Å². The Kier molecular flexibility index (Phi) is 4.43. The average molecular weight is 300 g/mol. The van der Waals surface area contributed by atoms with E-state index in [-0.39, 0.29) is 5.75 Å². The lowest BCUT2D eigenvalue weighted by molar-refractivity contribution is -0.186. The van der Waals surface area contributed by atoms with Crippen molar-refractivity contribution in [2.45, 2.75) is 6.18 Å². The summed E-state index contributed by atoms with van der Waals surface area (Å²) >= 11 is 3.19. The third kappa shape index (κ3) is 4.71. The van der Waals surface area contributed by atoms with Crippen molar-refractivity contribution in [2.24, 2.45) is 0 Å². The van der Waals surface area contributed by atoms with E-state index in [1.165, 1.54) is 6.07 Å².